The summed E-state index contributed by atoms with van der Waals surface area (Å²) in [5.41, 5.74) is 5.57. The van der Waals surface area contributed by atoms with E-state index in [1.165, 1.54) is 0 Å². The fraction of sp³-hybridized carbons (Fsp3) is 0.375. The molecule has 0 unspecified atom stereocenters. The first-order chi connectivity index (χ1) is 15.4. The van der Waals surface area contributed by atoms with Crippen molar-refractivity contribution in [3.8, 4) is 0 Å². The van der Waals surface area contributed by atoms with E-state index in [1.807, 2.05) is 57.0 Å². The monoisotopic (exact) mass is 431 g/mol. The zero-order valence-corrected chi connectivity index (χ0v) is 19.0. The molecule has 3 aromatic rings. The first kappa shape index (κ1) is 21.7. The van der Waals surface area contributed by atoms with Crippen LogP contribution in [0.2, 0.25) is 0 Å². The number of pyridine rings is 1. The quantitative estimate of drug-likeness (QED) is 0.620. The first-order valence-electron chi connectivity index (χ1n) is 10.9. The molecule has 4 rings (SSSR count). The fourth-order valence-electron chi connectivity index (χ4n) is 4.11. The van der Waals surface area contributed by atoms with Gasteiger partial charge in [-0.2, -0.15) is 5.10 Å². The summed E-state index contributed by atoms with van der Waals surface area (Å²) in [4.78, 5) is 28.4. The number of likely N-dealkylation sites (tertiary alicyclic amines) is 1. The van der Waals surface area contributed by atoms with Gasteiger partial charge in [0.15, 0.2) is 0 Å². The molecule has 1 atom stereocenters. The predicted octanol–water partition coefficient (Wildman–Crippen LogP) is 3.69. The largest absolute Gasteiger partial charge is 0.338 e. The molecule has 32 heavy (non-hydrogen) atoms. The number of nitrogens with one attached hydrogen (secondary N) is 1. The van der Waals surface area contributed by atoms with Gasteiger partial charge < -0.3 is 10.2 Å². The van der Waals surface area contributed by atoms with Gasteiger partial charge in [0, 0.05) is 66.8 Å². The number of amides is 1. The number of aryl methyl sites for hydroxylation is 4. The van der Waals surface area contributed by atoms with Crippen LogP contribution in [0, 0.1) is 20.8 Å². The van der Waals surface area contributed by atoms with E-state index in [4.69, 9.17) is 4.98 Å². The molecule has 8 heteroatoms. The molecule has 8 nitrogen and oxygen atoms in total. The molecule has 1 N–H and O–H groups in total. The molecular formula is C24H29N7O. The summed E-state index contributed by atoms with van der Waals surface area (Å²) < 4.78 is 1.74. The Bertz CT molecular complexity index is 1130. The number of carbonyl (C=O) groups excluding carboxylic acids is 1. The van der Waals surface area contributed by atoms with Gasteiger partial charge in [-0.25, -0.2) is 9.97 Å². The van der Waals surface area contributed by atoms with Crippen molar-refractivity contribution in [2.45, 2.75) is 39.5 Å². The van der Waals surface area contributed by atoms with E-state index in [9.17, 15) is 4.79 Å². The summed E-state index contributed by atoms with van der Waals surface area (Å²) in [6, 6.07) is 7.88. The van der Waals surface area contributed by atoms with Gasteiger partial charge in [-0.15, -0.1) is 0 Å². The number of aromatic nitrogens is 5. The van der Waals surface area contributed by atoms with E-state index in [2.05, 4.69) is 26.4 Å². The molecule has 1 aliphatic heterocycles. The summed E-state index contributed by atoms with van der Waals surface area (Å²) in [5, 5.41) is 7.45. The van der Waals surface area contributed by atoms with Crippen molar-refractivity contribution in [1.29, 1.82) is 0 Å². The van der Waals surface area contributed by atoms with Crippen molar-refractivity contribution >= 4 is 23.6 Å². The van der Waals surface area contributed by atoms with Crippen molar-refractivity contribution in [2.75, 3.05) is 18.4 Å². The van der Waals surface area contributed by atoms with Gasteiger partial charge in [-0.3, -0.25) is 14.5 Å². The van der Waals surface area contributed by atoms with E-state index in [0.29, 0.717) is 12.5 Å². The second-order valence-electron chi connectivity index (χ2n) is 8.36. The topological polar surface area (TPSA) is 88.8 Å². The summed E-state index contributed by atoms with van der Waals surface area (Å²) in [6.07, 6.45) is 7.13. The van der Waals surface area contributed by atoms with Gasteiger partial charge in [0.2, 0.25) is 11.9 Å². The highest BCUT2D eigenvalue weighted by molar-refractivity contribution is 5.91. The zero-order chi connectivity index (χ0) is 22.7. The Labute approximate surface area is 188 Å². The highest BCUT2D eigenvalue weighted by Gasteiger charge is 2.25. The smallest absolute Gasteiger partial charge is 0.246 e. The molecule has 0 spiro atoms. The van der Waals surface area contributed by atoms with E-state index in [-0.39, 0.29) is 11.8 Å². The van der Waals surface area contributed by atoms with Crippen LogP contribution in [-0.2, 0) is 11.8 Å². The molecule has 3 aromatic heterocycles. The van der Waals surface area contributed by atoms with E-state index in [0.717, 1.165) is 53.5 Å². The third-order valence-corrected chi connectivity index (χ3v) is 5.62. The lowest BCUT2D eigenvalue weighted by Crippen LogP contribution is -2.38. The highest BCUT2D eigenvalue weighted by Crippen LogP contribution is 2.28. The van der Waals surface area contributed by atoms with Crippen molar-refractivity contribution in [1.82, 2.24) is 29.6 Å². The van der Waals surface area contributed by atoms with Gasteiger partial charge in [-0.05, 0) is 64.0 Å². The Morgan fingerprint density at radius 1 is 1.09 bits per heavy atom. The maximum Gasteiger partial charge on any atom is 0.246 e. The molecule has 0 bridgehead atoms. The maximum absolute atomic E-state index is 12.8. The van der Waals surface area contributed by atoms with E-state index >= 15 is 0 Å². The first-order valence-corrected chi connectivity index (χ1v) is 10.9. The van der Waals surface area contributed by atoms with Crippen LogP contribution in [0.3, 0.4) is 0 Å². The molecular weight excluding hydrogens is 402 g/mol. The van der Waals surface area contributed by atoms with Gasteiger partial charge in [-0.1, -0.05) is 0 Å². The minimum Gasteiger partial charge on any atom is -0.338 e. The molecule has 1 saturated heterocycles. The molecule has 1 amide bonds. The second-order valence-corrected chi connectivity index (χ2v) is 8.36. The average molecular weight is 432 g/mol. The summed E-state index contributed by atoms with van der Waals surface area (Å²) in [5.74, 6) is 0.795. The molecule has 0 radical (unpaired) electrons. The van der Waals surface area contributed by atoms with Crippen molar-refractivity contribution in [2.24, 2.45) is 7.05 Å². The van der Waals surface area contributed by atoms with Crippen LogP contribution in [-0.4, -0.2) is 48.6 Å². The van der Waals surface area contributed by atoms with Crippen LogP contribution in [0.5, 0.6) is 0 Å². The number of hydrogen-bond acceptors (Lipinski definition) is 6. The SMILES string of the molecule is Cc1cc(Nc2nc(C)cc(C)n2)cc([C@@H]2CCCN(C(=O)/C=C/c3ccnn3C)C2)n1. The third kappa shape index (κ3) is 5.19. The van der Waals surface area contributed by atoms with E-state index < -0.39 is 0 Å². The Kier molecular flexibility index (Phi) is 6.30. The van der Waals surface area contributed by atoms with Crippen LogP contribution in [0.4, 0.5) is 11.6 Å². The standard InChI is InChI=1S/C24H29N7O/c1-16-12-17(2)28-24(27-16)29-20-13-18(3)26-22(14-20)19-6-5-11-31(15-19)23(32)8-7-21-9-10-25-30(21)4/h7-10,12-14,19H,5-6,11,15H2,1-4H3,(H,26,27,28,29)/b8-7+/t19-/m1/s1. The Morgan fingerprint density at radius 2 is 1.84 bits per heavy atom. The zero-order valence-electron chi connectivity index (χ0n) is 19.0. The van der Waals surface area contributed by atoms with Gasteiger partial charge >= 0.3 is 0 Å². The number of hydrogen-bond donors (Lipinski definition) is 1. The van der Waals surface area contributed by atoms with Crippen LogP contribution in [0.25, 0.3) is 6.08 Å². The Morgan fingerprint density at radius 3 is 2.56 bits per heavy atom. The average Bonchev–Trinajstić information content (AvgIpc) is 3.15. The number of nitrogens with zero attached hydrogens (tertiary/aromatic N) is 6. The van der Waals surface area contributed by atoms with Crippen molar-refractivity contribution in [3.63, 3.8) is 0 Å². The molecule has 0 aromatic carbocycles. The van der Waals surface area contributed by atoms with Crippen LogP contribution in [0.1, 0.15) is 47.2 Å². The van der Waals surface area contributed by atoms with Crippen LogP contribution in [0.15, 0.2) is 36.5 Å². The normalized spacial score (nSPS) is 16.5. The Balaban J connectivity index is 1.48. The lowest BCUT2D eigenvalue weighted by molar-refractivity contribution is -0.127. The summed E-state index contributed by atoms with van der Waals surface area (Å²) in [6.45, 7) is 7.32. The lowest BCUT2D eigenvalue weighted by Gasteiger charge is -2.32. The number of carbonyl (C=O) groups is 1. The second kappa shape index (κ2) is 9.30. The number of anilines is 2. The number of rotatable bonds is 5. The molecule has 0 aliphatic carbocycles. The molecule has 1 fully saturated rings. The molecule has 0 saturated carbocycles. The molecule has 4 heterocycles. The number of piperidine rings is 1. The highest BCUT2D eigenvalue weighted by atomic mass is 16.2. The predicted molar refractivity (Wildman–Crippen MR) is 125 cm³/mol. The molecule has 166 valence electrons. The van der Waals surface area contributed by atoms with Gasteiger partial charge in [0.25, 0.3) is 0 Å². The van der Waals surface area contributed by atoms with Crippen LogP contribution < -0.4 is 5.32 Å². The molecule has 1 aliphatic rings. The van der Waals surface area contributed by atoms with Crippen molar-refractivity contribution < 1.29 is 4.79 Å². The summed E-state index contributed by atoms with van der Waals surface area (Å²) >= 11 is 0. The fourth-order valence-corrected chi connectivity index (χ4v) is 4.11. The van der Waals surface area contributed by atoms with Gasteiger partial charge in [0.1, 0.15) is 0 Å². The van der Waals surface area contributed by atoms with Gasteiger partial charge in [0.05, 0.1) is 5.69 Å². The van der Waals surface area contributed by atoms with Crippen molar-refractivity contribution in [3.05, 3.63) is 65.0 Å². The minimum atomic E-state index is 0.0190. The lowest BCUT2D eigenvalue weighted by atomic mass is 9.93. The minimum absolute atomic E-state index is 0.0190. The summed E-state index contributed by atoms with van der Waals surface area (Å²) in [7, 11) is 1.86. The third-order valence-electron chi connectivity index (χ3n) is 5.62. The maximum atomic E-state index is 12.8. The Hall–Kier alpha value is -3.55. The van der Waals surface area contributed by atoms with Crippen LogP contribution >= 0.6 is 0 Å². The van der Waals surface area contributed by atoms with E-state index in [1.54, 1.807) is 17.0 Å².